The lowest BCUT2D eigenvalue weighted by Gasteiger charge is -2.31. The summed E-state index contributed by atoms with van der Waals surface area (Å²) in [5.41, 5.74) is 0.179. The van der Waals surface area contributed by atoms with Crippen LogP contribution in [0.1, 0.15) is 20.8 Å². The van der Waals surface area contributed by atoms with Gasteiger partial charge in [-0.15, -0.1) is 0 Å². The Morgan fingerprint density at radius 1 is 1.27 bits per heavy atom. The highest BCUT2D eigenvalue weighted by Gasteiger charge is 2.29. The molecule has 1 aliphatic heterocycles. The van der Waals surface area contributed by atoms with Crippen LogP contribution in [-0.4, -0.2) is 20.3 Å². The molecule has 0 aliphatic carbocycles. The Morgan fingerprint density at radius 2 is 1.82 bits per heavy atom. The van der Waals surface area contributed by atoms with Crippen molar-refractivity contribution in [3.05, 3.63) is 12.1 Å². The van der Waals surface area contributed by atoms with Crippen LogP contribution in [-0.2, 0) is 9.31 Å². The highest BCUT2D eigenvalue weighted by Crippen LogP contribution is 2.21. The van der Waals surface area contributed by atoms with Gasteiger partial charge in [0.1, 0.15) is 0 Å². The molecule has 0 unspecified atom stereocenters. The van der Waals surface area contributed by atoms with Gasteiger partial charge in [0.15, 0.2) is 0 Å². The molecule has 3 heteroatoms. The first kappa shape index (κ1) is 8.82. The SMILES string of the molecule is C/C=C/B1OCC(C)(C)CO1. The van der Waals surface area contributed by atoms with E-state index in [1.807, 2.05) is 19.0 Å². The third kappa shape index (κ3) is 2.68. The molecule has 62 valence electrons. The molecule has 1 heterocycles. The van der Waals surface area contributed by atoms with E-state index in [2.05, 4.69) is 13.8 Å². The van der Waals surface area contributed by atoms with E-state index in [0.29, 0.717) is 0 Å². The molecule has 0 amide bonds. The first-order valence-electron chi connectivity index (χ1n) is 4.00. The number of allylic oxidation sites excluding steroid dienone is 1. The van der Waals surface area contributed by atoms with E-state index in [0.717, 1.165) is 13.2 Å². The molecule has 0 aromatic heterocycles. The van der Waals surface area contributed by atoms with Crippen LogP contribution < -0.4 is 0 Å². The van der Waals surface area contributed by atoms with Crippen molar-refractivity contribution < 1.29 is 9.31 Å². The lowest BCUT2D eigenvalue weighted by molar-refractivity contribution is 0.0336. The van der Waals surface area contributed by atoms with E-state index in [9.17, 15) is 0 Å². The highest BCUT2D eigenvalue weighted by molar-refractivity contribution is 6.50. The van der Waals surface area contributed by atoms with Gasteiger partial charge in [-0.05, 0) is 6.92 Å². The van der Waals surface area contributed by atoms with Crippen molar-refractivity contribution in [2.45, 2.75) is 20.8 Å². The summed E-state index contributed by atoms with van der Waals surface area (Å²) in [6.07, 6.45) is 1.95. The van der Waals surface area contributed by atoms with Crippen molar-refractivity contribution in [3.8, 4) is 0 Å². The molecule has 0 aromatic rings. The molecule has 2 nitrogen and oxygen atoms in total. The molecule has 0 spiro atoms. The number of hydrogen-bond donors (Lipinski definition) is 0. The Bertz CT molecular complexity index is 144. The fraction of sp³-hybridized carbons (Fsp3) is 0.750. The van der Waals surface area contributed by atoms with Crippen molar-refractivity contribution in [2.75, 3.05) is 13.2 Å². The second kappa shape index (κ2) is 3.41. The Kier molecular flexibility index (Phi) is 2.74. The van der Waals surface area contributed by atoms with E-state index in [1.54, 1.807) is 0 Å². The lowest BCUT2D eigenvalue weighted by Crippen LogP contribution is -2.39. The number of rotatable bonds is 1. The molecule has 0 N–H and O–H groups in total. The molecule has 1 aliphatic rings. The minimum atomic E-state index is -0.118. The quantitative estimate of drug-likeness (QED) is 0.534. The van der Waals surface area contributed by atoms with Crippen molar-refractivity contribution >= 4 is 7.12 Å². The summed E-state index contributed by atoms with van der Waals surface area (Å²) in [5, 5.41) is 0. The lowest BCUT2D eigenvalue weighted by atomic mass is 9.84. The molecule has 1 fully saturated rings. The van der Waals surface area contributed by atoms with E-state index in [-0.39, 0.29) is 12.5 Å². The molecule has 0 bridgehead atoms. The van der Waals surface area contributed by atoms with Gasteiger partial charge < -0.3 is 9.31 Å². The summed E-state index contributed by atoms with van der Waals surface area (Å²) in [6, 6.07) is 0. The van der Waals surface area contributed by atoms with Gasteiger partial charge in [0.25, 0.3) is 0 Å². The summed E-state index contributed by atoms with van der Waals surface area (Å²) in [6.45, 7) is 7.80. The molecule has 11 heavy (non-hydrogen) atoms. The Morgan fingerprint density at radius 3 is 2.27 bits per heavy atom. The molecule has 0 radical (unpaired) electrons. The van der Waals surface area contributed by atoms with Crippen LogP contribution in [0.25, 0.3) is 0 Å². The monoisotopic (exact) mass is 154 g/mol. The van der Waals surface area contributed by atoms with Crippen LogP contribution in [0.2, 0.25) is 0 Å². The summed E-state index contributed by atoms with van der Waals surface area (Å²) >= 11 is 0. The van der Waals surface area contributed by atoms with E-state index >= 15 is 0 Å². The van der Waals surface area contributed by atoms with Gasteiger partial charge in [-0.1, -0.05) is 25.9 Å². The standard InChI is InChI=1S/C8H15BO2/c1-4-5-9-10-6-8(2,3)7-11-9/h4-5H,6-7H2,1-3H3/b5-4+. The third-order valence-corrected chi connectivity index (χ3v) is 1.63. The van der Waals surface area contributed by atoms with Crippen molar-refractivity contribution in [1.82, 2.24) is 0 Å². The topological polar surface area (TPSA) is 18.5 Å². The summed E-state index contributed by atoms with van der Waals surface area (Å²) in [4.78, 5) is 0. The molecule has 0 aromatic carbocycles. The van der Waals surface area contributed by atoms with Crippen LogP contribution in [0.15, 0.2) is 12.1 Å². The molecule has 1 saturated heterocycles. The van der Waals surface area contributed by atoms with Gasteiger partial charge in [0.2, 0.25) is 0 Å². The normalized spacial score (nSPS) is 24.5. The molecule has 0 atom stereocenters. The maximum atomic E-state index is 5.42. The highest BCUT2D eigenvalue weighted by atomic mass is 16.6. The molecular weight excluding hydrogens is 139 g/mol. The second-order valence-electron chi connectivity index (χ2n) is 3.68. The van der Waals surface area contributed by atoms with Crippen LogP contribution in [0, 0.1) is 5.41 Å². The molecule has 0 saturated carbocycles. The maximum absolute atomic E-state index is 5.42. The van der Waals surface area contributed by atoms with Crippen LogP contribution >= 0.6 is 0 Å². The minimum absolute atomic E-state index is 0.118. The predicted octanol–water partition coefficient (Wildman–Crippen LogP) is 1.66. The van der Waals surface area contributed by atoms with Crippen LogP contribution in [0.5, 0.6) is 0 Å². The largest absolute Gasteiger partial charge is 0.485 e. The van der Waals surface area contributed by atoms with Crippen LogP contribution in [0.4, 0.5) is 0 Å². The van der Waals surface area contributed by atoms with Crippen molar-refractivity contribution in [3.63, 3.8) is 0 Å². The number of hydrogen-bond acceptors (Lipinski definition) is 2. The molecule has 1 rings (SSSR count). The van der Waals surface area contributed by atoms with Gasteiger partial charge in [0.05, 0.1) is 0 Å². The zero-order valence-corrected chi connectivity index (χ0v) is 7.46. The predicted molar refractivity (Wildman–Crippen MR) is 46.3 cm³/mol. The summed E-state index contributed by atoms with van der Waals surface area (Å²) in [7, 11) is -0.118. The third-order valence-electron chi connectivity index (χ3n) is 1.63. The smallest absolute Gasteiger partial charge is 0.407 e. The average Bonchev–Trinajstić information content (AvgIpc) is 1.94. The Hall–Kier alpha value is -0.275. The Labute approximate surface area is 68.7 Å². The first-order chi connectivity index (χ1) is 5.14. The fourth-order valence-electron chi connectivity index (χ4n) is 0.973. The van der Waals surface area contributed by atoms with Crippen LogP contribution in [0.3, 0.4) is 0 Å². The van der Waals surface area contributed by atoms with Gasteiger partial charge in [-0.25, -0.2) is 0 Å². The van der Waals surface area contributed by atoms with E-state index in [4.69, 9.17) is 9.31 Å². The molecular formula is C8H15BO2. The van der Waals surface area contributed by atoms with Gasteiger partial charge in [0, 0.05) is 18.6 Å². The van der Waals surface area contributed by atoms with Crippen molar-refractivity contribution in [1.29, 1.82) is 0 Å². The van der Waals surface area contributed by atoms with Gasteiger partial charge in [-0.3, -0.25) is 0 Å². The Balaban J connectivity index is 2.36. The van der Waals surface area contributed by atoms with Gasteiger partial charge in [-0.2, -0.15) is 0 Å². The van der Waals surface area contributed by atoms with Crippen molar-refractivity contribution in [2.24, 2.45) is 5.41 Å². The first-order valence-corrected chi connectivity index (χ1v) is 4.00. The average molecular weight is 154 g/mol. The van der Waals surface area contributed by atoms with Gasteiger partial charge >= 0.3 is 7.12 Å². The maximum Gasteiger partial charge on any atom is 0.485 e. The second-order valence-corrected chi connectivity index (χ2v) is 3.68. The zero-order chi connectivity index (χ0) is 8.32. The summed E-state index contributed by atoms with van der Waals surface area (Å²) < 4.78 is 10.8. The van der Waals surface area contributed by atoms with E-state index < -0.39 is 0 Å². The summed E-state index contributed by atoms with van der Waals surface area (Å²) in [5.74, 6) is 1.93. The minimum Gasteiger partial charge on any atom is -0.407 e. The fourth-order valence-corrected chi connectivity index (χ4v) is 0.973. The van der Waals surface area contributed by atoms with E-state index in [1.165, 1.54) is 0 Å². The zero-order valence-electron chi connectivity index (χ0n) is 7.46.